The third-order valence-corrected chi connectivity index (χ3v) is 6.86. The zero-order valence-electron chi connectivity index (χ0n) is 19.0. The number of aryl methyl sites for hydroxylation is 4. The summed E-state index contributed by atoms with van der Waals surface area (Å²) in [5, 5.41) is 11.4. The van der Waals surface area contributed by atoms with Gasteiger partial charge in [0, 0.05) is 11.3 Å². The van der Waals surface area contributed by atoms with E-state index in [0.29, 0.717) is 11.3 Å². The molecule has 0 aromatic heterocycles. The lowest BCUT2D eigenvalue weighted by molar-refractivity contribution is -0.132. The minimum Gasteiger partial charge on any atom is -0.507 e. The fourth-order valence-corrected chi connectivity index (χ4v) is 5.03. The van der Waals surface area contributed by atoms with Crippen molar-refractivity contribution in [2.75, 3.05) is 4.90 Å². The van der Waals surface area contributed by atoms with Gasteiger partial charge in [-0.15, -0.1) is 0 Å². The lowest BCUT2D eigenvalue weighted by atomic mass is 9.88. The lowest BCUT2D eigenvalue weighted by Gasteiger charge is -2.27. The zero-order chi connectivity index (χ0) is 23.1. The topological polar surface area (TPSA) is 57.6 Å². The first-order valence-electron chi connectivity index (χ1n) is 11.5. The Hall–Kier alpha value is -3.66. The van der Waals surface area contributed by atoms with E-state index in [4.69, 9.17) is 0 Å². The Morgan fingerprint density at radius 2 is 1.58 bits per heavy atom. The summed E-state index contributed by atoms with van der Waals surface area (Å²) in [6.45, 7) is 3.94. The van der Waals surface area contributed by atoms with Crippen molar-refractivity contribution < 1.29 is 14.7 Å². The van der Waals surface area contributed by atoms with E-state index in [1.165, 1.54) is 22.4 Å². The maximum Gasteiger partial charge on any atom is 0.300 e. The summed E-state index contributed by atoms with van der Waals surface area (Å²) in [5.41, 5.74) is 6.74. The Morgan fingerprint density at radius 1 is 0.879 bits per heavy atom. The summed E-state index contributed by atoms with van der Waals surface area (Å²) in [4.78, 5) is 28.2. The second kappa shape index (κ2) is 8.36. The summed E-state index contributed by atoms with van der Waals surface area (Å²) in [7, 11) is 0. The highest BCUT2D eigenvalue weighted by molar-refractivity contribution is 6.51. The smallest absolute Gasteiger partial charge is 0.300 e. The Kier molecular flexibility index (Phi) is 5.37. The van der Waals surface area contributed by atoms with Crippen LogP contribution >= 0.6 is 0 Å². The van der Waals surface area contributed by atoms with Crippen molar-refractivity contribution in [1.82, 2.24) is 0 Å². The van der Waals surface area contributed by atoms with Gasteiger partial charge in [0.05, 0.1) is 11.6 Å². The molecule has 1 atom stereocenters. The number of hydrogen-bond donors (Lipinski definition) is 1. The van der Waals surface area contributed by atoms with Crippen LogP contribution in [0, 0.1) is 13.8 Å². The molecule has 2 aliphatic rings. The number of hydrogen-bond acceptors (Lipinski definition) is 3. The van der Waals surface area contributed by atoms with Gasteiger partial charge in [-0.25, -0.2) is 0 Å². The molecule has 3 aromatic carbocycles. The molecule has 0 bridgehead atoms. The number of anilines is 1. The van der Waals surface area contributed by atoms with Gasteiger partial charge >= 0.3 is 0 Å². The second-order valence-corrected chi connectivity index (χ2v) is 9.05. The average molecular weight is 438 g/mol. The predicted octanol–water partition coefficient (Wildman–Crippen LogP) is 5.81. The van der Waals surface area contributed by atoms with Crippen LogP contribution in [0.5, 0.6) is 0 Å². The maximum absolute atomic E-state index is 13.3. The molecule has 0 radical (unpaired) electrons. The number of amides is 1. The number of Topliss-reactive ketones (excluding diaryl/α,β-unsaturated/α-hetero) is 1. The SMILES string of the molecule is Cc1ccc(N2C(=O)C(=O)/C(=C(/O)c3ccc4c(c3)CCCC4)C2c2ccccc2C)cc1. The van der Waals surface area contributed by atoms with Gasteiger partial charge < -0.3 is 5.11 Å². The van der Waals surface area contributed by atoms with Gasteiger partial charge in [0.2, 0.25) is 0 Å². The van der Waals surface area contributed by atoms with E-state index < -0.39 is 17.7 Å². The largest absolute Gasteiger partial charge is 0.507 e. The summed E-state index contributed by atoms with van der Waals surface area (Å²) >= 11 is 0. The van der Waals surface area contributed by atoms with E-state index in [1.54, 1.807) is 0 Å². The van der Waals surface area contributed by atoms with E-state index in [1.807, 2.05) is 80.6 Å². The summed E-state index contributed by atoms with van der Waals surface area (Å²) in [6.07, 6.45) is 4.30. The molecule has 33 heavy (non-hydrogen) atoms. The molecule has 1 aliphatic heterocycles. The molecule has 4 heteroatoms. The summed E-state index contributed by atoms with van der Waals surface area (Å²) < 4.78 is 0. The number of benzene rings is 3. The molecule has 0 saturated carbocycles. The Morgan fingerprint density at radius 3 is 2.30 bits per heavy atom. The van der Waals surface area contributed by atoms with E-state index >= 15 is 0 Å². The number of nitrogens with zero attached hydrogens (tertiary/aromatic N) is 1. The van der Waals surface area contributed by atoms with Gasteiger partial charge in [-0.1, -0.05) is 54.1 Å². The second-order valence-electron chi connectivity index (χ2n) is 9.05. The van der Waals surface area contributed by atoms with Gasteiger partial charge in [0.25, 0.3) is 11.7 Å². The highest BCUT2D eigenvalue weighted by Gasteiger charge is 2.47. The van der Waals surface area contributed by atoms with Crippen LogP contribution in [0.1, 0.15) is 52.3 Å². The van der Waals surface area contributed by atoms with Crippen molar-refractivity contribution in [2.24, 2.45) is 0 Å². The van der Waals surface area contributed by atoms with Crippen LogP contribution in [-0.2, 0) is 22.4 Å². The predicted molar refractivity (Wildman–Crippen MR) is 130 cm³/mol. The number of carbonyl (C=O) groups is 2. The molecular weight excluding hydrogens is 410 g/mol. The fraction of sp³-hybridized carbons (Fsp3) is 0.241. The number of carbonyl (C=O) groups excluding carboxylic acids is 2. The van der Waals surface area contributed by atoms with Crippen molar-refractivity contribution in [3.05, 3.63) is 106 Å². The van der Waals surface area contributed by atoms with Crippen molar-refractivity contribution in [2.45, 2.75) is 45.6 Å². The molecule has 1 aliphatic carbocycles. The minimum absolute atomic E-state index is 0.107. The molecule has 1 saturated heterocycles. The Balaban J connectivity index is 1.71. The van der Waals surface area contributed by atoms with Crippen LogP contribution in [0.2, 0.25) is 0 Å². The summed E-state index contributed by atoms with van der Waals surface area (Å²) in [5.74, 6) is -1.38. The van der Waals surface area contributed by atoms with Crippen molar-refractivity contribution in [1.29, 1.82) is 0 Å². The highest BCUT2D eigenvalue weighted by Crippen LogP contribution is 2.43. The zero-order valence-corrected chi connectivity index (χ0v) is 19.0. The van der Waals surface area contributed by atoms with Crippen LogP contribution in [-0.4, -0.2) is 16.8 Å². The molecule has 1 amide bonds. The average Bonchev–Trinajstić information content (AvgIpc) is 3.09. The van der Waals surface area contributed by atoms with Gasteiger partial charge in [-0.05, 0) is 80.0 Å². The van der Waals surface area contributed by atoms with E-state index in [-0.39, 0.29) is 11.3 Å². The molecule has 1 heterocycles. The van der Waals surface area contributed by atoms with Gasteiger partial charge in [0.1, 0.15) is 5.76 Å². The molecule has 1 N–H and O–H groups in total. The van der Waals surface area contributed by atoms with Crippen LogP contribution in [0.25, 0.3) is 5.76 Å². The molecule has 166 valence electrons. The minimum atomic E-state index is -0.690. The molecule has 3 aromatic rings. The number of ketones is 1. The molecule has 0 spiro atoms. The third kappa shape index (κ3) is 3.66. The van der Waals surface area contributed by atoms with Crippen LogP contribution in [0.3, 0.4) is 0 Å². The first-order valence-corrected chi connectivity index (χ1v) is 11.5. The fourth-order valence-electron chi connectivity index (χ4n) is 5.03. The van der Waals surface area contributed by atoms with Crippen molar-refractivity contribution >= 4 is 23.1 Å². The Labute approximate surface area is 194 Å². The quantitative estimate of drug-likeness (QED) is 0.320. The monoisotopic (exact) mass is 437 g/mol. The maximum atomic E-state index is 13.3. The van der Waals surface area contributed by atoms with Crippen molar-refractivity contribution in [3.8, 4) is 0 Å². The number of rotatable bonds is 3. The molecule has 1 unspecified atom stereocenters. The normalized spacial score (nSPS) is 19.6. The van der Waals surface area contributed by atoms with Crippen LogP contribution in [0.15, 0.2) is 72.3 Å². The van der Waals surface area contributed by atoms with Crippen LogP contribution < -0.4 is 4.90 Å². The van der Waals surface area contributed by atoms with Crippen molar-refractivity contribution in [3.63, 3.8) is 0 Å². The first-order chi connectivity index (χ1) is 16.0. The first kappa shape index (κ1) is 21.2. The molecule has 1 fully saturated rings. The van der Waals surface area contributed by atoms with E-state index in [9.17, 15) is 14.7 Å². The van der Waals surface area contributed by atoms with E-state index in [0.717, 1.165) is 36.0 Å². The van der Waals surface area contributed by atoms with Gasteiger partial charge in [-0.3, -0.25) is 14.5 Å². The third-order valence-electron chi connectivity index (χ3n) is 6.86. The molecular formula is C29H27NO3. The van der Waals surface area contributed by atoms with Gasteiger partial charge in [-0.2, -0.15) is 0 Å². The number of fused-ring (bicyclic) bond motifs is 1. The highest BCUT2D eigenvalue weighted by atomic mass is 16.3. The summed E-state index contributed by atoms with van der Waals surface area (Å²) in [6, 6.07) is 20.5. The number of aliphatic hydroxyl groups is 1. The van der Waals surface area contributed by atoms with E-state index in [2.05, 4.69) is 0 Å². The van der Waals surface area contributed by atoms with Crippen LogP contribution in [0.4, 0.5) is 5.69 Å². The number of aliphatic hydroxyl groups excluding tert-OH is 1. The molecule has 4 nitrogen and oxygen atoms in total. The Bertz CT molecular complexity index is 1290. The molecule has 5 rings (SSSR count). The van der Waals surface area contributed by atoms with Gasteiger partial charge in [0.15, 0.2) is 0 Å². The lowest BCUT2D eigenvalue weighted by Crippen LogP contribution is -2.29. The standard InChI is InChI=1S/C29H27NO3/c1-18-11-15-23(16-12-18)30-26(24-10-6-3-7-19(24)2)25(28(32)29(30)33)27(31)22-14-13-20-8-4-5-9-21(20)17-22/h3,6-7,10-17,26,31H,4-5,8-9H2,1-2H3/b27-25+.